The van der Waals surface area contributed by atoms with Gasteiger partial charge in [-0.1, -0.05) is 0 Å². The largest absolute Gasteiger partial charge is 0.330 e. The molecule has 0 radical (unpaired) electrons. The molecular weight excluding hydrogens is 210 g/mol. The molecule has 1 aliphatic heterocycles. The summed E-state index contributed by atoms with van der Waals surface area (Å²) in [6.07, 6.45) is 4.59. The van der Waals surface area contributed by atoms with E-state index >= 15 is 0 Å². The van der Waals surface area contributed by atoms with Crippen molar-refractivity contribution >= 4 is 11.8 Å². The molecule has 0 spiro atoms. The number of hydrogen-bond acceptors (Lipinski definition) is 5. The summed E-state index contributed by atoms with van der Waals surface area (Å²) in [5.41, 5.74) is 5.46. The van der Waals surface area contributed by atoms with Crippen molar-refractivity contribution in [2.75, 3.05) is 12.3 Å². The van der Waals surface area contributed by atoms with Crippen LogP contribution in [-0.2, 0) is 6.54 Å². The fraction of sp³-hybridized carbons (Fsp3) is 0.889. The normalized spacial score (nSPS) is 21.0. The van der Waals surface area contributed by atoms with E-state index in [0.717, 1.165) is 31.8 Å². The lowest BCUT2D eigenvalue weighted by molar-refractivity contribution is 0.521. The first-order valence-corrected chi connectivity index (χ1v) is 6.54. The molecule has 2 heterocycles. The fourth-order valence-corrected chi connectivity index (χ4v) is 3.06. The van der Waals surface area contributed by atoms with Gasteiger partial charge in [0.15, 0.2) is 5.82 Å². The second-order valence-electron chi connectivity index (χ2n) is 3.76. The molecule has 15 heavy (non-hydrogen) atoms. The Morgan fingerprint density at radius 2 is 2.40 bits per heavy atom. The van der Waals surface area contributed by atoms with Crippen LogP contribution in [0.25, 0.3) is 0 Å². The number of thioether (sulfide) groups is 1. The first kappa shape index (κ1) is 10.9. The molecule has 6 heteroatoms. The Bertz CT molecular complexity index is 294. The average Bonchev–Trinajstić information content (AvgIpc) is 2.87. The monoisotopic (exact) mass is 227 g/mol. The summed E-state index contributed by atoms with van der Waals surface area (Å²) >= 11 is 1.97. The zero-order valence-corrected chi connectivity index (χ0v) is 9.62. The molecule has 1 unspecified atom stereocenters. The molecular formula is C9H17N5S. The molecule has 1 fully saturated rings. The highest BCUT2D eigenvalue weighted by Gasteiger charge is 2.23. The third-order valence-corrected chi connectivity index (χ3v) is 3.97. The van der Waals surface area contributed by atoms with Gasteiger partial charge in [-0.2, -0.15) is 11.8 Å². The fourth-order valence-electron chi connectivity index (χ4n) is 1.79. The highest BCUT2D eigenvalue weighted by atomic mass is 32.2. The van der Waals surface area contributed by atoms with Gasteiger partial charge in [0.25, 0.3) is 0 Å². The number of tetrazole rings is 1. The Hall–Kier alpha value is -0.620. The number of nitrogens with two attached hydrogens (primary N) is 1. The second-order valence-corrected chi connectivity index (χ2v) is 5.07. The molecule has 5 nitrogen and oxygen atoms in total. The Labute approximate surface area is 93.8 Å². The van der Waals surface area contributed by atoms with Gasteiger partial charge in [0.1, 0.15) is 0 Å². The average molecular weight is 227 g/mol. The van der Waals surface area contributed by atoms with Gasteiger partial charge in [-0.15, -0.1) is 5.10 Å². The van der Waals surface area contributed by atoms with Crippen molar-refractivity contribution in [1.82, 2.24) is 20.2 Å². The van der Waals surface area contributed by atoms with Gasteiger partial charge in [0, 0.05) is 6.54 Å². The number of nitrogens with zero attached hydrogens (tertiary/aromatic N) is 4. The molecule has 0 amide bonds. The maximum Gasteiger partial charge on any atom is 0.164 e. The van der Waals surface area contributed by atoms with E-state index in [-0.39, 0.29) is 0 Å². The minimum Gasteiger partial charge on any atom is -0.330 e. The van der Waals surface area contributed by atoms with Gasteiger partial charge in [-0.05, 0) is 48.4 Å². The van der Waals surface area contributed by atoms with E-state index in [4.69, 9.17) is 5.73 Å². The maximum atomic E-state index is 5.46. The van der Waals surface area contributed by atoms with E-state index in [0.29, 0.717) is 5.25 Å². The summed E-state index contributed by atoms with van der Waals surface area (Å²) in [6, 6.07) is 0. The van der Waals surface area contributed by atoms with Crippen LogP contribution in [0, 0.1) is 0 Å². The molecule has 84 valence electrons. The van der Waals surface area contributed by atoms with Gasteiger partial charge in [-0.25, -0.2) is 4.68 Å². The Morgan fingerprint density at radius 3 is 3.13 bits per heavy atom. The molecule has 1 saturated heterocycles. The molecule has 2 rings (SSSR count). The number of aryl methyl sites for hydroxylation is 1. The smallest absolute Gasteiger partial charge is 0.164 e. The summed E-state index contributed by atoms with van der Waals surface area (Å²) < 4.78 is 1.94. The Kier molecular flexibility index (Phi) is 3.96. The molecule has 1 aromatic rings. The van der Waals surface area contributed by atoms with Crippen LogP contribution in [0.5, 0.6) is 0 Å². The highest BCUT2D eigenvalue weighted by molar-refractivity contribution is 7.99. The van der Waals surface area contributed by atoms with Gasteiger partial charge in [0.05, 0.1) is 5.25 Å². The minimum absolute atomic E-state index is 0.512. The van der Waals surface area contributed by atoms with Gasteiger partial charge in [0.2, 0.25) is 0 Å². The third-order valence-electron chi connectivity index (χ3n) is 2.60. The summed E-state index contributed by atoms with van der Waals surface area (Å²) in [5, 5.41) is 12.4. The minimum atomic E-state index is 0.512. The van der Waals surface area contributed by atoms with Gasteiger partial charge in [-0.3, -0.25) is 0 Å². The third kappa shape index (κ3) is 2.69. The predicted molar refractivity (Wildman–Crippen MR) is 60.5 cm³/mol. The van der Waals surface area contributed by atoms with Crippen molar-refractivity contribution in [2.45, 2.75) is 37.5 Å². The van der Waals surface area contributed by atoms with Crippen LogP contribution < -0.4 is 5.73 Å². The van der Waals surface area contributed by atoms with E-state index in [1.807, 2.05) is 16.4 Å². The van der Waals surface area contributed by atoms with Gasteiger partial charge >= 0.3 is 0 Å². The van der Waals surface area contributed by atoms with Crippen molar-refractivity contribution in [2.24, 2.45) is 5.73 Å². The number of unbranched alkanes of at least 4 members (excludes halogenated alkanes) is 1. The second kappa shape index (κ2) is 5.46. The molecule has 0 bridgehead atoms. The highest BCUT2D eigenvalue weighted by Crippen LogP contribution is 2.38. The summed E-state index contributed by atoms with van der Waals surface area (Å²) in [7, 11) is 0. The first-order chi connectivity index (χ1) is 7.42. The molecule has 2 N–H and O–H groups in total. The first-order valence-electron chi connectivity index (χ1n) is 5.49. The Balaban J connectivity index is 1.95. The molecule has 0 aliphatic carbocycles. The van der Waals surface area contributed by atoms with Crippen LogP contribution in [0.15, 0.2) is 0 Å². The number of rotatable bonds is 5. The predicted octanol–water partition coefficient (Wildman–Crippen LogP) is 0.980. The lowest BCUT2D eigenvalue weighted by Gasteiger charge is -2.08. The maximum absolute atomic E-state index is 5.46. The van der Waals surface area contributed by atoms with E-state index < -0.39 is 0 Å². The van der Waals surface area contributed by atoms with E-state index in [1.54, 1.807) is 0 Å². The zero-order valence-electron chi connectivity index (χ0n) is 8.80. The molecule has 1 aromatic heterocycles. The standard InChI is InChI=1S/C9H17N5S/c10-5-1-2-6-14-9(11-12-13-14)8-4-3-7-15-8/h8H,1-7,10H2. The summed E-state index contributed by atoms with van der Waals surface area (Å²) in [4.78, 5) is 0. The molecule has 1 aliphatic rings. The number of aromatic nitrogens is 4. The topological polar surface area (TPSA) is 69.6 Å². The van der Waals surface area contributed by atoms with E-state index in [1.165, 1.54) is 18.6 Å². The molecule has 0 aromatic carbocycles. The molecule has 0 saturated carbocycles. The van der Waals surface area contributed by atoms with Crippen molar-refractivity contribution in [1.29, 1.82) is 0 Å². The zero-order chi connectivity index (χ0) is 10.5. The van der Waals surface area contributed by atoms with Crippen LogP contribution in [0.2, 0.25) is 0 Å². The van der Waals surface area contributed by atoms with E-state index in [2.05, 4.69) is 15.5 Å². The summed E-state index contributed by atoms with van der Waals surface area (Å²) in [6.45, 7) is 1.65. The van der Waals surface area contributed by atoms with Crippen LogP contribution in [0.1, 0.15) is 36.8 Å². The van der Waals surface area contributed by atoms with E-state index in [9.17, 15) is 0 Å². The van der Waals surface area contributed by atoms with Crippen LogP contribution in [-0.4, -0.2) is 32.5 Å². The molecule has 1 atom stereocenters. The van der Waals surface area contributed by atoms with Crippen molar-refractivity contribution in [3.8, 4) is 0 Å². The quantitative estimate of drug-likeness (QED) is 0.759. The van der Waals surface area contributed by atoms with Crippen molar-refractivity contribution in [3.05, 3.63) is 5.82 Å². The van der Waals surface area contributed by atoms with Crippen LogP contribution >= 0.6 is 11.8 Å². The summed E-state index contributed by atoms with van der Waals surface area (Å²) in [5.74, 6) is 2.29. The lowest BCUT2D eigenvalue weighted by Crippen LogP contribution is -2.09. The van der Waals surface area contributed by atoms with Crippen LogP contribution in [0.3, 0.4) is 0 Å². The van der Waals surface area contributed by atoms with Crippen molar-refractivity contribution in [3.63, 3.8) is 0 Å². The Morgan fingerprint density at radius 1 is 1.47 bits per heavy atom. The van der Waals surface area contributed by atoms with Crippen LogP contribution in [0.4, 0.5) is 0 Å². The van der Waals surface area contributed by atoms with Crippen molar-refractivity contribution < 1.29 is 0 Å². The number of hydrogen-bond donors (Lipinski definition) is 1. The SMILES string of the molecule is NCCCCn1nnnc1C1CCCS1. The van der Waals surface area contributed by atoms with Gasteiger partial charge < -0.3 is 5.73 Å². The lowest BCUT2D eigenvalue weighted by atomic mass is 10.2.